The van der Waals surface area contributed by atoms with Gasteiger partial charge in [0, 0.05) is 6.20 Å². The molecule has 2 aromatic rings. The molecule has 1 unspecified atom stereocenters. The van der Waals surface area contributed by atoms with Crippen molar-refractivity contribution in [3.8, 4) is 5.75 Å². The lowest BCUT2D eigenvalue weighted by molar-refractivity contribution is -0.141. The molecule has 1 atom stereocenters. The summed E-state index contributed by atoms with van der Waals surface area (Å²) >= 11 is 1.33. The maximum Gasteiger partial charge on any atom is 0.319 e. The molecule has 1 aromatic heterocycles. The van der Waals surface area contributed by atoms with Gasteiger partial charge in [-0.15, -0.1) is 0 Å². The van der Waals surface area contributed by atoms with Gasteiger partial charge >= 0.3 is 5.97 Å². The van der Waals surface area contributed by atoms with Crippen LogP contribution in [0.5, 0.6) is 5.75 Å². The number of aldehydes is 1. The van der Waals surface area contributed by atoms with Gasteiger partial charge in [-0.1, -0.05) is 23.9 Å². The van der Waals surface area contributed by atoms with E-state index in [1.807, 2.05) is 6.26 Å². The molecule has 0 bridgehead atoms. The predicted molar refractivity (Wildman–Crippen MR) is 86.1 cm³/mol. The molecule has 0 saturated heterocycles. The number of hydrogen-bond acceptors (Lipinski definition) is 7. The Balaban J connectivity index is 2.58. The number of thioether (sulfide) groups is 1. The average Bonchev–Trinajstić information content (AvgIpc) is 2.62. The van der Waals surface area contributed by atoms with Crippen molar-refractivity contribution in [1.82, 2.24) is 9.97 Å². The quantitative estimate of drug-likeness (QED) is 0.348. The van der Waals surface area contributed by atoms with Gasteiger partial charge in [0.25, 0.3) is 0 Å². The molecule has 0 aliphatic carbocycles. The van der Waals surface area contributed by atoms with Crippen LogP contribution in [-0.4, -0.2) is 42.7 Å². The van der Waals surface area contributed by atoms with E-state index in [1.54, 1.807) is 31.4 Å². The molecular formula is C16H16N2O4S. The molecular weight excluding hydrogens is 316 g/mol. The van der Waals surface area contributed by atoms with E-state index in [-0.39, 0.29) is 5.56 Å². The van der Waals surface area contributed by atoms with Crippen LogP contribution in [0.25, 0.3) is 0 Å². The van der Waals surface area contributed by atoms with E-state index >= 15 is 0 Å². The Labute approximate surface area is 138 Å². The molecule has 0 fully saturated rings. The molecule has 0 amide bonds. The lowest BCUT2D eigenvalue weighted by atomic mass is 9.93. The second kappa shape index (κ2) is 7.73. The summed E-state index contributed by atoms with van der Waals surface area (Å²) in [5.74, 6) is -0.635. The number of esters is 1. The van der Waals surface area contributed by atoms with Crippen LogP contribution < -0.4 is 4.74 Å². The van der Waals surface area contributed by atoms with Gasteiger partial charge < -0.3 is 9.47 Å². The zero-order chi connectivity index (χ0) is 16.8. The Morgan fingerprint density at radius 2 is 1.96 bits per heavy atom. The number of carbonyl (C=O) groups is 2. The van der Waals surface area contributed by atoms with Crippen LogP contribution in [0.15, 0.2) is 35.6 Å². The summed E-state index contributed by atoms with van der Waals surface area (Å²) < 4.78 is 10.0. The summed E-state index contributed by atoms with van der Waals surface area (Å²) in [7, 11) is 2.86. The molecule has 0 saturated carbocycles. The number of aromatic nitrogens is 2. The smallest absolute Gasteiger partial charge is 0.319 e. The Morgan fingerprint density at radius 3 is 2.48 bits per heavy atom. The number of nitrogens with zero attached hydrogens (tertiary/aromatic N) is 2. The van der Waals surface area contributed by atoms with Crippen molar-refractivity contribution in [2.75, 3.05) is 20.5 Å². The number of methoxy groups -OCH3 is 2. The van der Waals surface area contributed by atoms with Crippen LogP contribution in [0, 0.1) is 0 Å². The van der Waals surface area contributed by atoms with E-state index in [2.05, 4.69) is 9.97 Å². The molecule has 1 aromatic carbocycles. The van der Waals surface area contributed by atoms with Crippen molar-refractivity contribution in [2.24, 2.45) is 0 Å². The van der Waals surface area contributed by atoms with E-state index in [9.17, 15) is 9.59 Å². The maximum atomic E-state index is 12.3. The van der Waals surface area contributed by atoms with E-state index in [0.717, 1.165) is 0 Å². The summed E-state index contributed by atoms with van der Waals surface area (Å²) in [6.45, 7) is 0. The standard InChI is InChI=1S/C16H16N2O4S/c1-21-12-6-4-10(5-7-12)13(15(20)22-2)14-11(9-19)8-17-16(18-14)23-3/h4-9,13H,1-3H3. The van der Waals surface area contributed by atoms with Crippen molar-refractivity contribution >= 4 is 24.0 Å². The molecule has 23 heavy (non-hydrogen) atoms. The second-order valence-corrected chi connectivity index (χ2v) is 5.32. The van der Waals surface area contributed by atoms with Crippen LogP contribution in [0.2, 0.25) is 0 Å². The van der Waals surface area contributed by atoms with Gasteiger partial charge in [-0.25, -0.2) is 9.97 Å². The summed E-state index contributed by atoms with van der Waals surface area (Å²) in [4.78, 5) is 32.0. The minimum atomic E-state index is -0.806. The van der Waals surface area contributed by atoms with Gasteiger partial charge in [-0.2, -0.15) is 0 Å². The minimum Gasteiger partial charge on any atom is -0.497 e. The third-order valence-electron chi connectivity index (χ3n) is 3.29. The third kappa shape index (κ3) is 3.68. The Kier molecular flexibility index (Phi) is 5.70. The van der Waals surface area contributed by atoms with Crippen LogP contribution >= 0.6 is 11.8 Å². The molecule has 0 aliphatic rings. The van der Waals surface area contributed by atoms with Crippen molar-refractivity contribution in [3.63, 3.8) is 0 Å². The highest BCUT2D eigenvalue weighted by Crippen LogP contribution is 2.29. The topological polar surface area (TPSA) is 78.4 Å². The lowest BCUT2D eigenvalue weighted by Gasteiger charge is -2.17. The number of hydrogen-bond donors (Lipinski definition) is 0. The SMILES string of the molecule is COC(=O)C(c1ccc(OC)cc1)c1nc(SC)ncc1C=O. The van der Waals surface area contributed by atoms with Crippen LogP contribution in [0.1, 0.15) is 27.5 Å². The highest BCUT2D eigenvalue weighted by Gasteiger charge is 2.28. The number of rotatable bonds is 6. The van der Waals surface area contributed by atoms with E-state index in [0.29, 0.717) is 28.4 Å². The number of ether oxygens (including phenoxy) is 2. The third-order valence-corrected chi connectivity index (χ3v) is 3.86. The Morgan fingerprint density at radius 1 is 1.26 bits per heavy atom. The molecule has 0 N–H and O–H groups in total. The van der Waals surface area contributed by atoms with Gasteiger partial charge in [0.2, 0.25) is 0 Å². The molecule has 6 nitrogen and oxygen atoms in total. The summed E-state index contributed by atoms with van der Waals surface area (Å²) in [5, 5.41) is 0.480. The first-order valence-electron chi connectivity index (χ1n) is 6.72. The molecule has 2 rings (SSSR count). The zero-order valence-corrected chi connectivity index (χ0v) is 13.8. The van der Waals surface area contributed by atoms with Crippen LogP contribution in [0.4, 0.5) is 0 Å². The van der Waals surface area contributed by atoms with E-state index in [4.69, 9.17) is 9.47 Å². The number of benzene rings is 1. The fraction of sp³-hybridized carbons (Fsp3) is 0.250. The summed E-state index contributed by atoms with van der Waals surface area (Å²) in [6.07, 6.45) is 3.87. The van der Waals surface area contributed by atoms with Gasteiger partial charge in [0.05, 0.1) is 25.5 Å². The van der Waals surface area contributed by atoms with Gasteiger partial charge in [-0.3, -0.25) is 9.59 Å². The lowest BCUT2D eigenvalue weighted by Crippen LogP contribution is -2.19. The van der Waals surface area contributed by atoms with Crippen molar-refractivity contribution in [2.45, 2.75) is 11.1 Å². The molecule has 0 spiro atoms. The van der Waals surface area contributed by atoms with E-state index in [1.165, 1.54) is 25.1 Å². The van der Waals surface area contributed by atoms with Gasteiger partial charge in [0.15, 0.2) is 11.4 Å². The largest absolute Gasteiger partial charge is 0.497 e. The van der Waals surface area contributed by atoms with E-state index < -0.39 is 11.9 Å². The maximum absolute atomic E-state index is 12.3. The van der Waals surface area contributed by atoms with Crippen LogP contribution in [0.3, 0.4) is 0 Å². The molecule has 1 heterocycles. The van der Waals surface area contributed by atoms with Crippen molar-refractivity contribution < 1.29 is 19.1 Å². The van der Waals surface area contributed by atoms with Crippen molar-refractivity contribution in [3.05, 3.63) is 47.3 Å². The first-order valence-corrected chi connectivity index (χ1v) is 7.95. The van der Waals surface area contributed by atoms with Crippen molar-refractivity contribution in [1.29, 1.82) is 0 Å². The highest BCUT2D eigenvalue weighted by molar-refractivity contribution is 7.98. The monoisotopic (exact) mass is 332 g/mol. The second-order valence-electron chi connectivity index (χ2n) is 4.54. The number of carbonyl (C=O) groups excluding carboxylic acids is 2. The predicted octanol–water partition coefficient (Wildman–Crippen LogP) is 2.32. The van der Waals surface area contributed by atoms with Crippen LogP contribution in [-0.2, 0) is 9.53 Å². The Hall–Kier alpha value is -2.41. The average molecular weight is 332 g/mol. The minimum absolute atomic E-state index is 0.258. The first-order chi connectivity index (χ1) is 11.1. The zero-order valence-electron chi connectivity index (χ0n) is 13.0. The van der Waals surface area contributed by atoms with Gasteiger partial charge in [0.1, 0.15) is 11.7 Å². The summed E-state index contributed by atoms with van der Waals surface area (Å²) in [6, 6.07) is 6.97. The first kappa shape index (κ1) is 17.0. The molecule has 7 heteroatoms. The molecule has 0 radical (unpaired) electrons. The normalized spacial score (nSPS) is 11.6. The summed E-state index contributed by atoms with van der Waals surface area (Å²) in [5.41, 5.74) is 1.25. The highest BCUT2D eigenvalue weighted by atomic mass is 32.2. The Bertz CT molecular complexity index is 704. The fourth-order valence-electron chi connectivity index (χ4n) is 2.13. The fourth-order valence-corrected chi connectivity index (χ4v) is 2.48. The molecule has 120 valence electrons. The molecule has 0 aliphatic heterocycles. The van der Waals surface area contributed by atoms with Gasteiger partial charge in [-0.05, 0) is 24.0 Å².